The summed E-state index contributed by atoms with van der Waals surface area (Å²) in [4.78, 5) is 0. The third kappa shape index (κ3) is 3.97. The number of aliphatic hydroxyl groups excluding tert-OH is 1. The van der Waals surface area contributed by atoms with Crippen molar-refractivity contribution in [1.29, 1.82) is 0 Å². The Morgan fingerprint density at radius 3 is 2.43 bits per heavy atom. The zero-order valence-electron chi connectivity index (χ0n) is 9.79. The van der Waals surface area contributed by atoms with Gasteiger partial charge < -0.3 is 10.4 Å². The average Bonchev–Trinajstić information content (AvgIpc) is 2.07. The summed E-state index contributed by atoms with van der Waals surface area (Å²) in [5.41, 5.74) is 0. The first kappa shape index (κ1) is 12.0. The van der Waals surface area contributed by atoms with Crippen LogP contribution in [0.3, 0.4) is 0 Å². The fraction of sp³-hybridized carbons (Fsp3) is 1.00. The summed E-state index contributed by atoms with van der Waals surface area (Å²) in [5.74, 6) is 0.734. The molecule has 0 aromatic heterocycles. The molecule has 2 N–H and O–H groups in total. The number of rotatable bonds is 4. The van der Waals surface area contributed by atoms with Crippen LogP contribution in [0.5, 0.6) is 0 Å². The van der Waals surface area contributed by atoms with Crippen molar-refractivity contribution in [1.82, 2.24) is 5.32 Å². The predicted molar refractivity (Wildman–Crippen MR) is 60.3 cm³/mol. The molecular weight excluding hydrogens is 174 g/mol. The minimum atomic E-state index is -0.113. The third-order valence-electron chi connectivity index (χ3n) is 3.05. The van der Waals surface area contributed by atoms with E-state index < -0.39 is 0 Å². The Kier molecular flexibility index (Phi) is 4.90. The Balaban J connectivity index is 2.27. The molecule has 2 nitrogen and oxygen atoms in total. The first-order chi connectivity index (χ1) is 6.59. The molecule has 1 saturated carbocycles. The van der Waals surface area contributed by atoms with Crippen LogP contribution in [0.1, 0.15) is 52.9 Å². The van der Waals surface area contributed by atoms with Crippen molar-refractivity contribution in [2.75, 3.05) is 0 Å². The van der Waals surface area contributed by atoms with Gasteiger partial charge in [0.15, 0.2) is 0 Å². The Bertz CT molecular complexity index is 158. The van der Waals surface area contributed by atoms with Gasteiger partial charge in [-0.2, -0.15) is 0 Å². The third-order valence-corrected chi connectivity index (χ3v) is 3.05. The highest BCUT2D eigenvalue weighted by molar-refractivity contribution is 4.82. The lowest BCUT2D eigenvalue weighted by atomic mass is 9.91. The normalized spacial score (nSPS) is 30.6. The lowest BCUT2D eigenvalue weighted by Gasteiger charge is -2.31. The molecule has 0 amide bonds. The standard InChI is InChI=1S/C12H25NO/c1-9(2)8-10(3)13-11-6-4-5-7-12(11)14/h9-14H,4-8H2,1-3H3/t10?,11-,12-/m1/s1. The van der Waals surface area contributed by atoms with Crippen molar-refractivity contribution in [2.24, 2.45) is 5.92 Å². The smallest absolute Gasteiger partial charge is 0.0693 e. The number of hydrogen-bond acceptors (Lipinski definition) is 2. The maximum absolute atomic E-state index is 9.79. The maximum atomic E-state index is 9.79. The van der Waals surface area contributed by atoms with Crippen LogP contribution >= 0.6 is 0 Å². The zero-order chi connectivity index (χ0) is 10.6. The molecule has 1 rings (SSSR count). The molecule has 0 aromatic rings. The lowest BCUT2D eigenvalue weighted by Crippen LogP contribution is -2.46. The fourth-order valence-electron chi connectivity index (χ4n) is 2.45. The van der Waals surface area contributed by atoms with E-state index in [-0.39, 0.29) is 6.10 Å². The summed E-state index contributed by atoms with van der Waals surface area (Å²) in [6.07, 6.45) is 5.67. The van der Waals surface area contributed by atoms with Crippen LogP contribution in [-0.4, -0.2) is 23.3 Å². The molecule has 2 heteroatoms. The van der Waals surface area contributed by atoms with Gasteiger partial charge in [-0.15, -0.1) is 0 Å². The Morgan fingerprint density at radius 1 is 1.21 bits per heavy atom. The molecule has 84 valence electrons. The van der Waals surface area contributed by atoms with E-state index in [1.54, 1.807) is 0 Å². The van der Waals surface area contributed by atoms with Gasteiger partial charge in [0.25, 0.3) is 0 Å². The van der Waals surface area contributed by atoms with Gasteiger partial charge in [0.05, 0.1) is 6.10 Å². The maximum Gasteiger partial charge on any atom is 0.0693 e. The highest BCUT2D eigenvalue weighted by atomic mass is 16.3. The quantitative estimate of drug-likeness (QED) is 0.728. The van der Waals surface area contributed by atoms with E-state index in [1.165, 1.54) is 19.3 Å². The SMILES string of the molecule is CC(C)CC(C)N[C@@H]1CCCC[C@H]1O. The highest BCUT2D eigenvalue weighted by Crippen LogP contribution is 2.19. The number of hydrogen-bond donors (Lipinski definition) is 2. The summed E-state index contributed by atoms with van der Waals surface area (Å²) in [6, 6.07) is 0.880. The van der Waals surface area contributed by atoms with Crippen LogP contribution in [0.4, 0.5) is 0 Å². The van der Waals surface area contributed by atoms with Gasteiger partial charge in [-0.3, -0.25) is 0 Å². The molecule has 0 aromatic carbocycles. The van der Waals surface area contributed by atoms with E-state index >= 15 is 0 Å². The Morgan fingerprint density at radius 2 is 1.86 bits per heavy atom. The zero-order valence-corrected chi connectivity index (χ0v) is 9.79. The number of aliphatic hydroxyl groups is 1. The molecule has 0 saturated heterocycles. The van der Waals surface area contributed by atoms with Gasteiger partial charge in [0.1, 0.15) is 0 Å². The Hall–Kier alpha value is -0.0800. The molecule has 1 aliphatic carbocycles. The largest absolute Gasteiger partial charge is 0.392 e. The van der Waals surface area contributed by atoms with Crippen molar-refractivity contribution in [3.8, 4) is 0 Å². The highest BCUT2D eigenvalue weighted by Gasteiger charge is 2.23. The molecule has 14 heavy (non-hydrogen) atoms. The van der Waals surface area contributed by atoms with Crippen molar-refractivity contribution >= 4 is 0 Å². The average molecular weight is 199 g/mol. The number of nitrogens with one attached hydrogen (secondary N) is 1. The molecule has 0 bridgehead atoms. The van der Waals surface area contributed by atoms with Crippen LogP contribution in [0.15, 0.2) is 0 Å². The second-order valence-corrected chi connectivity index (χ2v) is 5.16. The molecule has 1 unspecified atom stereocenters. The van der Waals surface area contributed by atoms with Crippen molar-refractivity contribution < 1.29 is 5.11 Å². The lowest BCUT2D eigenvalue weighted by molar-refractivity contribution is 0.0844. The monoisotopic (exact) mass is 199 g/mol. The van der Waals surface area contributed by atoms with Crippen molar-refractivity contribution in [2.45, 2.75) is 71.1 Å². The first-order valence-electron chi connectivity index (χ1n) is 6.03. The topological polar surface area (TPSA) is 32.3 Å². The summed E-state index contributed by atoms with van der Waals surface area (Å²) < 4.78 is 0. The second-order valence-electron chi connectivity index (χ2n) is 5.16. The molecular formula is C12H25NO. The molecule has 0 heterocycles. The molecule has 0 aliphatic heterocycles. The van der Waals surface area contributed by atoms with E-state index in [9.17, 15) is 5.11 Å². The van der Waals surface area contributed by atoms with Crippen LogP contribution < -0.4 is 5.32 Å². The van der Waals surface area contributed by atoms with E-state index in [0.29, 0.717) is 12.1 Å². The summed E-state index contributed by atoms with van der Waals surface area (Å²) in [7, 11) is 0. The molecule has 1 fully saturated rings. The van der Waals surface area contributed by atoms with E-state index in [1.807, 2.05) is 0 Å². The van der Waals surface area contributed by atoms with Gasteiger partial charge in [0.2, 0.25) is 0 Å². The van der Waals surface area contributed by atoms with Gasteiger partial charge >= 0.3 is 0 Å². The van der Waals surface area contributed by atoms with Gasteiger partial charge in [-0.25, -0.2) is 0 Å². The van der Waals surface area contributed by atoms with Crippen molar-refractivity contribution in [3.05, 3.63) is 0 Å². The molecule has 0 radical (unpaired) electrons. The summed E-state index contributed by atoms with van der Waals surface area (Å²) in [6.45, 7) is 6.71. The molecule has 0 spiro atoms. The first-order valence-corrected chi connectivity index (χ1v) is 6.03. The van der Waals surface area contributed by atoms with E-state index in [4.69, 9.17) is 0 Å². The summed E-state index contributed by atoms with van der Waals surface area (Å²) >= 11 is 0. The minimum Gasteiger partial charge on any atom is -0.392 e. The van der Waals surface area contributed by atoms with E-state index in [0.717, 1.165) is 18.8 Å². The molecule has 1 aliphatic rings. The van der Waals surface area contributed by atoms with Gasteiger partial charge in [-0.05, 0) is 32.1 Å². The Labute approximate surface area is 88.1 Å². The minimum absolute atomic E-state index is 0.113. The predicted octanol–water partition coefficient (Wildman–Crippen LogP) is 2.31. The van der Waals surface area contributed by atoms with Crippen LogP contribution in [-0.2, 0) is 0 Å². The second kappa shape index (κ2) is 5.72. The van der Waals surface area contributed by atoms with Crippen LogP contribution in [0.25, 0.3) is 0 Å². The van der Waals surface area contributed by atoms with Gasteiger partial charge in [0, 0.05) is 12.1 Å². The fourth-order valence-corrected chi connectivity index (χ4v) is 2.45. The molecule has 3 atom stereocenters. The van der Waals surface area contributed by atoms with Crippen LogP contribution in [0, 0.1) is 5.92 Å². The van der Waals surface area contributed by atoms with Gasteiger partial charge in [-0.1, -0.05) is 26.7 Å². The van der Waals surface area contributed by atoms with E-state index in [2.05, 4.69) is 26.1 Å². The van der Waals surface area contributed by atoms with Crippen LogP contribution in [0.2, 0.25) is 0 Å². The van der Waals surface area contributed by atoms with Crippen molar-refractivity contribution in [3.63, 3.8) is 0 Å². The summed E-state index contributed by atoms with van der Waals surface area (Å²) in [5, 5.41) is 13.3.